The molecule has 0 radical (unpaired) electrons. The summed E-state index contributed by atoms with van der Waals surface area (Å²) in [5, 5.41) is 0. The summed E-state index contributed by atoms with van der Waals surface area (Å²) in [5.41, 5.74) is 1.36. The summed E-state index contributed by atoms with van der Waals surface area (Å²) in [6.45, 7) is 6.01. The van der Waals surface area contributed by atoms with E-state index < -0.39 is 0 Å². The Morgan fingerprint density at radius 3 is 2.53 bits per heavy atom. The second-order valence-electron chi connectivity index (χ2n) is 3.43. The molecule has 2 rings (SSSR count). The first kappa shape index (κ1) is 18.3. The summed E-state index contributed by atoms with van der Waals surface area (Å²) < 4.78 is 18.5. The second kappa shape index (κ2) is 10.2. The predicted octanol–water partition coefficient (Wildman–Crippen LogP) is 3.93. The second-order valence-corrected chi connectivity index (χ2v) is 3.43. The molecule has 4 heteroatoms. The number of benzene rings is 1. The number of halogens is 1. The van der Waals surface area contributed by atoms with Crippen molar-refractivity contribution in [1.82, 2.24) is 4.98 Å². The van der Waals surface area contributed by atoms with Crippen LogP contribution in [-0.2, 0) is 6.61 Å². The van der Waals surface area contributed by atoms with Crippen molar-refractivity contribution in [3.05, 3.63) is 59.7 Å². The molecule has 1 aromatic carbocycles. The number of rotatable bonds is 3. The zero-order valence-corrected chi connectivity index (χ0v) is 13.0. The molecule has 2 nitrogen and oxygen atoms in total. The third-order valence-corrected chi connectivity index (χ3v) is 2.17. The van der Waals surface area contributed by atoms with E-state index in [2.05, 4.69) is 11.1 Å². The molecule has 2 aromatic rings. The molecule has 0 aliphatic carbocycles. The molecule has 0 N–H and O–H groups in total. The molecule has 1 aromatic heterocycles. The van der Waals surface area contributed by atoms with E-state index in [1.165, 1.54) is 0 Å². The summed E-state index contributed by atoms with van der Waals surface area (Å²) >= 11 is 0. The molecule has 19 heavy (non-hydrogen) atoms. The van der Waals surface area contributed by atoms with Crippen LogP contribution < -0.4 is 4.74 Å². The fourth-order valence-corrected chi connectivity index (χ4v) is 1.24. The van der Waals surface area contributed by atoms with E-state index in [9.17, 15) is 4.39 Å². The van der Waals surface area contributed by atoms with E-state index in [-0.39, 0.29) is 43.1 Å². The molecule has 0 atom stereocenters. The van der Waals surface area contributed by atoms with E-state index in [4.69, 9.17) is 4.74 Å². The predicted molar refractivity (Wildman–Crippen MR) is 69.9 cm³/mol. The molecular formula is C15H17ErFNO-. The molecule has 0 unspecified atom stereocenters. The van der Waals surface area contributed by atoms with Crippen molar-refractivity contribution < 1.29 is 46.4 Å². The minimum atomic E-state index is -0.376. The molecule has 0 aliphatic rings. The van der Waals surface area contributed by atoms with Crippen LogP contribution in [0.25, 0.3) is 0 Å². The SMILES string of the molecule is CC.Cc1ccc(OCc2ccccn2)[c-]c1F.[Er]. The molecule has 0 saturated carbocycles. The molecule has 108 valence electrons. The van der Waals surface area contributed by atoms with Gasteiger partial charge in [0, 0.05) is 55.1 Å². The summed E-state index contributed by atoms with van der Waals surface area (Å²) in [6, 6.07) is 11.5. The molecule has 1 heterocycles. The number of aromatic nitrogens is 1. The number of pyridine rings is 1. The van der Waals surface area contributed by atoms with Crippen LogP contribution in [0.5, 0.6) is 5.75 Å². The topological polar surface area (TPSA) is 22.1 Å². The van der Waals surface area contributed by atoms with Crippen LogP contribution in [0.15, 0.2) is 36.5 Å². The van der Waals surface area contributed by atoms with Crippen molar-refractivity contribution in [3.63, 3.8) is 0 Å². The van der Waals surface area contributed by atoms with Gasteiger partial charge in [-0.1, -0.05) is 26.8 Å². The average Bonchev–Trinajstić information content (AvgIpc) is 2.44. The summed E-state index contributed by atoms with van der Waals surface area (Å²) in [5.74, 6) is 0.0206. The maximum Gasteiger partial charge on any atom is 0.127 e. The van der Waals surface area contributed by atoms with Gasteiger partial charge < -0.3 is 4.74 Å². The third kappa shape index (κ3) is 6.36. The molecule has 0 bridgehead atoms. The van der Waals surface area contributed by atoms with Crippen LogP contribution in [0, 0.1) is 56.1 Å². The monoisotopic (exact) mass is 412 g/mol. The van der Waals surface area contributed by atoms with Crippen molar-refractivity contribution >= 4 is 0 Å². The van der Waals surface area contributed by atoms with Crippen molar-refractivity contribution in [1.29, 1.82) is 0 Å². The van der Waals surface area contributed by atoms with Gasteiger partial charge in [-0.2, -0.15) is 6.07 Å². The van der Waals surface area contributed by atoms with Crippen LogP contribution >= 0.6 is 0 Å². The summed E-state index contributed by atoms with van der Waals surface area (Å²) in [4.78, 5) is 4.10. The number of nitrogens with zero attached hydrogens (tertiary/aromatic N) is 1. The Labute approximate surface area is 143 Å². The Bertz CT molecular complexity index is 477. The van der Waals surface area contributed by atoms with E-state index in [0.717, 1.165) is 5.69 Å². The van der Waals surface area contributed by atoms with Gasteiger partial charge in [0.2, 0.25) is 0 Å². The molecule has 0 amide bonds. The first-order valence-corrected chi connectivity index (χ1v) is 5.97. The van der Waals surface area contributed by atoms with Gasteiger partial charge >= 0.3 is 0 Å². The van der Waals surface area contributed by atoms with Crippen molar-refractivity contribution in [2.24, 2.45) is 0 Å². The third-order valence-electron chi connectivity index (χ3n) is 2.17. The van der Waals surface area contributed by atoms with Crippen LogP contribution in [-0.4, -0.2) is 4.98 Å². The Morgan fingerprint density at radius 1 is 1.21 bits per heavy atom. The molecule has 0 spiro atoms. The maximum atomic E-state index is 13.2. The fourth-order valence-electron chi connectivity index (χ4n) is 1.24. The Balaban J connectivity index is 0.00000103. The van der Waals surface area contributed by atoms with E-state index in [1.807, 2.05) is 32.0 Å². The molecular weight excluding hydrogens is 396 g/mol. The minimum Gasteiger partial charge on any atom is -0.513 e. The van der Waals surface area contributed by atoms with Crippen LogP contribution in [0.4, 0.5) is 4.39 Å². The normalized spacial score (nSPS) is 8.84. The van der Waals surface area contributed by atoms with E-state index in [0.29, 0.717) is 17.9 Å². The van der Waals surface area contributed by atoms with Crippen molar-refractivity contribution in [2.75, 3.05) is 0 Å². The Hall–Kier alpha value is -0.653. The van der Waals surface area contributed by atoms with Gasteiger partial charge in [0.1, 0.15) is 6.61 Å². The zero-order valence-electron chi connectivity index (χ0n) is 11.2. The Kier molecular flexibility index (Phi) is 9.82. The van der Waals surface area contributed by atoms with E-state index >= 15 is 0 Å². The van der Waals surface area contributed by atoms with Crippen LogP contribution in [0.1, 0.15) is 25.1 Å². The van der Waals surface area contributed by atoms with Gasteiger partial charge in [0.05, 0.1) is 5.69 Å². The number of hydrogen-bond donors (Lipinski definition) is 0. The molecule has 0 fully saturated rings. The quantitative estimate of drug-likeness (QED) is 0.712. The van der Waals surface area contributed by atoms with E-state index in [1.54, 1.807) is 25.3 Å². The molecule has 0 saturated heterocycles. The minimum absolute atomic E-state index is 0. The Morgan fingerprint density at radius 2 is 1.95 bits per heavy atom. The van der Waals surface area contributed by atoms with Crippen molar-refractivity contribution in [2.45, 2.75) is 27.4 Å². The largest absolute Gasteiger partial charge is 0.513 e. The average molecular weight is 414 g/mol. The first-order chi connectivity index (χ1) is 8.75. The zero-order chi connectivity index (χ0) is 13.4. The number of hydrogen-bond acceptors (Lipinski definition) is 2. The number of ether oxygens (including phenoxy) is 1. The van der Waals surface area contributed by atoms with Gasteiger partial charge in [0.15, 0.2) is 0 Å². The van der Waals surface area contributed by atoms with Gasteiger partial charge in [-0.25, -0.2) is 4.39 Å². The fraction of sp³-hybridized carbons (Fsp3) is 0.267. The van der Waals surface area contributed by atoms with Gasteiger partial charge in [-0.15, -0.1) is 17.7 Å². The van der Waals surface area contributed by atoms with Crippen molar-refractivity contribution in [3.8, 4) is 5.75 Å². The first-order valence-electron chi connectivity index (χ1n) is 5.97. The van der Waals surface area contributed by atoms with Gasteiger partial charge in [-0.05, 0) is 12.1 Å². The standard InChI is InChI=1S/C13H11FNO.C2H6.Er/c1-10-5-6-12(8-13(10)14)16-9-11-4-2-3-7-15-11;1-2;/h2-7H,9H2,1H3;1-2H3;/q-1;;. The van der Waals surface area contributed by atoms with Crippen LogP contribution in [0.2, 0.25) is 0 Å². The van der Waals surface area contributed by atoms with Gasteiger partial charge in [0.25, 0.3) is 0 Å². The summed E-state index contributed by atoms with van der Waals surface area (Å²) in [7, 11) is 0. The van der Waals surface area contributed by atoms with Crippen LogP contribution in [0.3, 0.4) is 0 Å². The smallest absolute Gasteiger partial charge is 0.127 e. The number of aryl methyl sites for hydroxylation is 1. The molecule has 0 aliphatic heterocycles. The van der Waals surface area contributed by atoms with Gasteiger partial charge in [-0.3, -0.25) is 4.98 Å². The summed E-state index contributed by atoms with van der Waals surface area (Å²) in [6.07, 6.45) is 1.69. The maximum absolute atomic E-state index is 13.2.